The summed E-state index contributed by atoms with van der Waals surface area (Å²) in [6.07, 6.45) is 5.23. The number of methoxy groups -OCH3 is 1. The SMILES string of the molecule is COc1cccc(C(OCC2CCCC2)C(C)N)c1. The van der Waals surface area contributed by atoms with E-state index in [-0.39, 0.29) is 12.1 Å². The third-order valence-electron chi connectivity index (χ3n) is 3.89. The van der Waals surface area contributed by atoms with Crippen LogP contribution in [0.25, 0.3) is 0 Å². The van der Waals surface area contributed by atoms with E-state index in [0.29, 0.717) is 5.92 Å². The van der Waals surface area contributed by atoms with Gasteiger partial charge in [0.15, 0.2) is 0 Å². The zero-order valence-electron chi connectivity index (χ0n) is 12.0. The molecule has 0 bridgehead atoms. The second-order valence-corrected chi connectivity index (χ2v) is 5.54. The minimum atomic E-state index is -0.0456. The second-order valence-electron chi connectivity index (χ2n) is 5.54. The first-order valence-corrected chi connectivity index (χ1v) is 7.22. The van der Waals surface area contributed by atoms with Crippen molar-refractivity contribution >= 4 is 0 Å². The Bertz CT molecular complexity index is 386. The molecule has 0 heterocycles. The molecular formula is C16H25NO2. The van der Waals surface area contributed by atoms with Crippen molar-refractivity contribution < 1.29 is 9.47 Å². The van der Waals surface area contributed by atoms with E-state index in [4.69, 9.17) is 15.2 Å². The van der Waals surface area contributed by atoms with Crippen molar-refractivity contribution in [2.75, 3.05) is 13.7 Å². The number of benzene rings is 1. The van der Waals surface area contributed by atoms with Gasteiger partial charge >= 0.3 is 0 Å². The second kappa shape index (κ2) is 6.92. The van der Waals surface area contributed by atoms with E-state index in [9.17, 15) is 0 Å². The summed E-state index contributed by atoms with van der Waals surface area (Å²) in [6, 6.07) is 7.99. The lowest BCUT2D eigenvalue weighted by Gasteiger charge is -2.24. The van der Waals surface area contributed by atoms with Crippen LogP contribution >= 0.6 is 0 Å². The molecule has 2 unspecified atom stereocenters. The molecule has 1 saturated carbocycles. The van der Waals surface area contributed by atoms with Gasteiger partial charge in [0.25, 0.3) is 0 Å². The van der Waals surface area contributed by atoms with Crippen LogP contribution in [0.4, 0.5) is 0 Å². The van der Waals surface area contributed by atoms with Gasteiger partial charge in [0, 0.05) is 6.04 Å². The van der Waals surface area contributed by atoms with Gasteiger partial charge in [-0.1, -0.05) is 25.0 Å². The third kappa shape index (κ3) is 3.95. The van der Waals surface area contributed by atoms with Crippen LogP contribution in [0.3, 0.4) is 0 Å². The largest absolute Gasteiger partial charge is 0.497 e. The molecule has 2 N–H and O–H groups in total. The van der Waals surface area contributed by atoms with Gasteiger partial charge in [0.05, 0.1) is 19.8 Å². The first-order chi connectivity index (χ1) is 9.20. The maximum Gasteiger partial charge on any atom is 0.119 e. The first kappa shape index (κ1) is 14.4. The maximum absolute atomic E-state index is 6.09. The zero-order chi connectivity index (χ0) is 13.7. The summed E-state index contributed by atoms with van der Waals surface area (Å²) in [5.41, 5.74) is 7.18. The Labute approximate surface area is 116 Å². The Kier molecular flexibility index (Phi) is 5.23. The number of hydrogen-bond acceptors (Lipinski definition) is 3. The lowest BCUT2D eigenvalue weighted by Crippen LogP contribution is -2.28. The van der Waals surface area contributed by atoms with Crippen LogP contribution in [0.15, 0.2) is 24.3 Å². The van der Waals surface area contributed by atoms with E-state index in [2.05, 4.69) is 6.07 Å². The third-order valence-corrected chi connectivity index (χ3v) is 3.89. The molecule has 106 valence electrons. The number of nitrogens with two attached hydrogens (primary N) is 1. The number of rotatable bonds is 6. The molecule has 1 aromatic carbocycles. The fourth-order valence-electron chi connectivity index (χ4n) is 2.79. The standard InChI is InChI=1S/C16H25NO2/c1-12(17)16(19-11-13-6-3-4-7-13)14-8-5-9-15(10-14)18-2/h5,8-10,12-13,16H,3-4,6-7,11,17H2,1-2H3. The Morgan fingerprint density at radius 1 is 1.32 bits per heavy atom. The number of ether oxygens (including phenoxy) is 2. The van der Waals surface area contributed by atoms with Crippen LogP contribution in [0.5, 0.6) is 5.75 Å². The predicted octanol–water partition coefficient (Wildman–Crippen LogP) is 3.29. The molecule has 0 spiro atoms. The summed E-state index contributed by atoms with van der Waals surface area (Å²) < 4.78 is 11.4. The molecule has 1 aliphatic carbocycles. The Hall–Kier alpha value is -1.06. The van der Waals surface area contributed by atoms with Crippen molar-refractivity contribution in [3.63, 3.8) is 0 Å². The average Bonchev–Trinajstić information content (AvgIpc) is 2.92. The van der Waals surface area contributed by atoms with Crippen molar-refractivity contribution in [3.8, 4) is 5.75 Å². The van der Waals surface area contributed by atoms with Crippen molar-refractivity contribution in [2.24, 2.45) is 11.7 Å². The van der Waals surface area contributed by atoms with Crippen LogP contribution < -0.4 is 10.5 Å². The van der Waals surface area contributed by atoms with E-state index < -0.39 is 0 Å². The summed E-state index contributed by atoms with van der Waals surface area (Å²) in [7, 11) is 1.68. The predicted molar refractivity (Wildman–Crippen MR) is 77.3 cm³/mol. The molecule has 19 heavy (non-hydrogen) atoms. The molecule has 0 radical (unpaired) electrons. The molecule has 0 aliphatic heterocycles. The van der Waals surface area contributed by atoms with Gasteiger partial charge in [-0.25, -0.2) is 0 Å². The normalized spacial score (nSPS) is 19.3. The quantitative estimate of drug-likeness (QED) is 0.856. The Balaban J connectivity index is 2.01. The van der Waals surface area contributed by atoms with Gasteiger partial charge in [-0.2, -0.15) is 0 Å². The minimum Gasteiger partial charge on any atom is -0.497 e. The summed E-state index contributed by atoms with van der Waals surface area (Å²) >= 11 is 0. The molecule has 1 aliphatic rings. The number of hydrogen-bond donors (Lipinski definition) is 1. The highest BCUT2D eigenvalue weighted by molar-refractivity contribution is 5.30. The van der Waals surface area contributed by atoms with Crippen LogP contribution in [0, 0.1) is 5.92 Å². The van der Waals surface area contributed by atoms with Crippen LogP contribution in [-0.2, 0) is 4.74 Å². The molecule has 3 nitrogen and oxygen atoms in total. The fraction of sp³-hybridized carbons (Fsp3) is 0.625. The lowest BCUT2D eigenvalue weighted by molar-refractivity contribution is 0.0167. The molecule has 2 rings (SSSR count). The van der Waals surface area contributed by atoms with Gasteiger partial charge in [0.1, 0.15) is 5.75 Å². The fourth-order valence-corrected chi connectivity index (χ4v) is 2.79. The highest BCUT2D eigenvalue weighted by atomic mass is 16.5. The topological polar surface area (TPSA) is 44.5 Å². The van der Waals surface area contributed by atoms with Gasteiger partial charge in [0.2, 0.25) is 0 Å². The first-order valence-electron chi connectivity index (χ1n) is 7.22. The van der Waals surface area contributed by atoms with Crippen molar-refractivity contribution in [1.29, 1.82) is 0 Å². The van der Waals surface area contributed by atoms with E-state index in [1.165, 1.54) is 25.7 Å². The molecule has 3 heteroatoms. The van der Waals surface area contributed by atoms with E-state index in [1.807, 2.05) is 25.1 Å². The summed E-state index contributed by atoms with van der Waals surface area (Å²) in [5, 5.41) is 0. The van der Waals surface area contributed by atoms with Crippen molar-refractivity contribution in [1.82, 2.24) is 0 Å². The molecular weight excluding hydrogens is 238 g/mol. The lowest BCUT2D eigenvalue weighted by atomic mass is 10.0. The van der Waals surface area contributed by atoms with Crippen LogP contribution in [-0.4, -0.2) is 19.8 Å². The van der Waals surface area contributed by atoms with Crippen molar-refractivity contribution in [2.45, 2.75) is 44.8 Å². The van der Waals surface area contributed by atoms with E-state index in [0.717, 1.165) is 17.9 Å². The Morgan fingerprint density at radius 3 is 2.68 bits per heavy atom. The van der Waals surface area contributed by atoms with E-state index in [1.54, 1.807) is 7.11 Å². The van der Waals surface area contributed by atoms with E-state index >= 15 is 0 Å². The average molecular weight is 263 g/mol. The summed E-state index contributed by atoms with van der Waals surface area (Å²) in [5.74, 6) is 1.57. The summed E-state index contributed by atoms with van der Waals surface area (Å²) in [4.78, 5) is 0. The Morgan fingerprint density at radius 2 is 2.05 bits per heavy atom. The van der Waals surface area contributed by atoms with Gasteiger partial charge in [-0.3, -0.25) is 0 Å². The van der Waals surface area contributed by atoms with Gasteiger partial charge < -0.3 is 15.2 Å². The molecule has 1 aromatic rings. The van der Waals surface area contributed by atoms with Crippen LogP contribution in [0.1, 0.15) is 44.3 Å². The van der Waals surface area contributed by atoms with Crippen LogP contribution in [0.2, 0.25) is 0 Å². The van der Waals surface area contributed by atoms with Crippen molar-refractivity contribution in [3.05, 3.63) is 29.8 Å². The summed E-state index contributed by atoms with van der Waals surface area (Å²) in [6.45, 7) is 2.82. The molecule has 0 aromatic heterocycles. The molecule has 0 saturated heterocycles. The smallest absolute Gasteiger partial charge is 0.119 e. The highest BCUT2D eigenvalue weighted by Gasteiger charge is 2.21. The molecule has 0 amide bonds. The highest BCUT2D eigenvalue weighted by Crippen LogP contribution is 2.29. The van der Waals surface area contributed by atoms with Gasteiger partial charge in [-0.15, -0.1) is 0 Å². The minimum absolute atomic E-state index is 0.0199. The molecule has 1 fully saturated rings. The molecule has 2 atom stereocenters. The van der Waals surface area contributed by atoms with Gasteiger partial charge in [-0.05, 0) is 43.4 Å². The monoisotopic (exact) mass is 263 g/mol. The maximum atomic E-state index is 6.09. The zero-order valence-corrected chi connectivity index (χ0v) is 12.0.